The molecule has 0 radical (unpaired) electrons. The van der Waals surface area contributed by atoms with Crippen LogP contribution in [-0.2, 0) is 9.84 Å². The summed E-state index contributed by atoms with van der Waals surface area (Å²) in [5.74, 6) is 1.36. The van der Waals surface area contributed by atoms with E-state index in [0.29, 0.717) is 25.6 Å². The van der Waals surface area contributed by atoms with Gasteiger partial charge >= 0.3 is 0 Å². The molecular weight excluding hydrogens is 457 g/mol. The third kappa shape index (κ3) is 5.08. The molecule has 2 heterocycles. The Morgan fingerprint density at radius 3 is 2.75 bits per heavy atom. The Morgan fingerprint density at radius 2 is 2.21 bits per heavy atom. The van der Waals surface area contributed by atoms with E-state index in [9.17, 15) is 8.42 Å². The second-order valence-corrected chi connectivity index (χ2v) is 10.2. The molecule has 1 N–H and O–H groups in total. The highest BCUT2D eigenvalue weighted by atomic mass is 127. The SMILES string of the molecule is CCNC(=NCC(C)c1ccsc1)N1CCS(=O)(=O)C(C)(C)C1.I. The first kappa shape index (κ1) is 21.7. The van der Waals surface area contributed by atoms with E-state index in [-0.39, 0.29) is 29.7 Å². The maximum Gasteiger partial charge on any atom is 0.194 e. The molecule has 8 heteroatoms. The molecule has 1 aromatic heterocycles. The lowest BCUT2D eigenvalue weighted by Gasteiger charge is -2.39. The molecule has 0 aliphatic carbocycles. The second kappa shape index (κ2) is 8.84. The highest BCUT2D eigenvalue weighted by Gasteiger charge is 2.40. The summed E-state index contributed by atoms with van der Waals surface area (Å²) in [7, 11) is -3.03. The van der Waals surface area contributed by atoms with Gasteiger partial charge in [-0.15, -0.1) is 24.0 Å². The van der Waals surface area contributed by atoms with Crippen molar-refractivity contribution in [2.75, 3.05) is 31.9 Å². The van der Waals surface area contributed by atoms with Gasteiger partial charge in [0.1, 0.15) is 0 Å². The maximum atomic E-state index is 12.2. The smallest absolute Gasteiger partial charge is 0.194 e. The first-order valence-electron chi connectivity index (χ1n) is 8.04. The molecule has 0 amide bonds. The molecule has 0 aromatic carbocycles. The molecule has 1 unspecified atom stereocenters. The summed E-state index contributed by atoms with van der Waals surface area (Å²) in [6, 6.07) is 2.13. The van der Waals surface area contributed by atoms with Crippen molar-refractivity contribution in [2.24, 2.45) is 4.99 Å². The zero-order valence-corrected chi connectivity index (χ0v) is 18.7. The number of hydrogen-bond acceptors (Lipinski definition) is 4. The van der Waals surface area contributed by atoms with Crippen LogP contribution < -0.4 is 5.32 Å². The van der Waals surface area contributed by atoms with E-state index in [1.54, 1.807) is 25.2 Å². The van der Waals surface area contributed by atoms with Gasteiger partial charge < -0.3 is 10.2 Å². The van der Waals surface area contributed by atoms with Gasteiger partial charge in [0.05, 0.1) is 10.5 Å². The molecule has 1 fully saturated rings. The number of hydrogen-bond donors (Lipinski definition) is 1. The summed E-state index contributed by atoms with van der Waals surface area (Å²) in [6.07, 6.45) is 0. The maximum absolute atomic E-state index is 12.2. The molecule has 0 bridgehead atoms. The molecule has 1 aliphatic heterocycles. The molecule has 5 nitrogen and oxygen atoms in total. The van der Waals surface area contributed by atoms with Crippen molar-refractivity contribution >= 4 is 51.1 Å². The number of halogens is 1. The van der Waals surface area contributed by atoms with E-state index < -0.39 is 14.6 Å². The predicted molar refractivity (Wildman–Crippen MR) is 114 cm³/mol. The van der Waals surface area contributed by atoms with Crippen LogP contribution in [0.25, 0.3) is 0 Å². The third-order valence-electron chi connectivity index (χ3n) is 4.31. The molecule has 2 rings (SSSR count). The van der Waals surface area contributed by atoms with Crippen LogP contribution in [0.1, 0.15) is 39.2 Å². The van der Waals surface area contributed by atoms with E-state index in [1.807, 2.05) is 6.92 Å². The van der Waals surface area contributed by atoms with E-state index >= 15 is 0 Å². The van der Waals surface area contributed by atoms with Crippen LogP contribution in [-0.4, -0.2) is 56.0 Å². The van der Waals surface area contributed by atoms with E-state index in [1.165, 1.54) is 5.56 Å². The standard InChI is InChI=1S/C16H27N3O2S2.HI/c1-5-17-15(18-10-13(2)14-6-8-22-11-14)19-7-9-23(20,21)16(3,4)12-19;/h6,8,11,13H,5,7,9-10,12H2,1-4H3,(H,17,18);1H. The Bertz CT molecular complexity index is 642. The van der Waals surface area contributed by atoms with Crippen molar-refractivity contribution < 1.29 is 8.42 Å². The van der Waals surface area contributed by atoms with Gasteiger partial charge in [-0.2, -0.15) is 11.3 Å². The topological polar surface area (TPSA) is 61.8 Å². The lowest BCUT2D eigenvalue weighted by Crippen LogP contribution is -2.57. The highest BCUT2D eigenvalue weighted by molar-refractivity contribution is 14.0. The minimum Gasteiger partial charge on any atom is -0.357 e. The lowest BCUT2D eigenvalue weighted by molar-refractivity contribution is 0.353. The Kier molecular flexibility index (Phi) is 7.99. The number of guanidine groups is 1. The fourth-order valence-corrected chi connectivity index (χ4v) is 4.78. The first-order chi connectivity index (χ1) is 10.8. The van der Waals surface area contributed by atoms with Crippen LogP contribution in [0.15, 0.2) is 21.8 Å². The van der Waals surface area contributed by atoms with Crippen molar-refractivity contribution in [2.45, 2.75) is 38.4 Å². The van der Waals surface area contributed by atoms with Crippen LogP contribution in [0.5, 0.6) is 0 Å². The molecule has 138 valence electrons. The van der Waals surface area contributed by atoms with Crippen molar-refractivity contribution in [3.8, 4) is 0 Å². The van der Waals surface area contributed by atoms with E-state index in [2.05, 4.69) is 34.0 Å². The zero-order chi connectivity index (χ0) is 17.1. The summed E-state index contributed by atoms with van der Waals surface area (Å²) in [6.45, 7) is 10.2. The van der Waals surface area contributed by atoms with Crippen LogP contribution >= 0.6 is 35.3 Å². The number of nitrogens with one attached hydrogen (secondary N) is 1. The van der Waals surface area contributed by atoms with Gasteiger partial charge in [0.15, 0.2) is 15.8 Å². The Morgan fingerprint density at radius 1 is 1.50 bits per heavy atom. The Hall–Kier alpha value is -0.350. The Labute approximate surface area is 166 Å². The Balaban J connectivity index is 0.00000288. The second-order valence-electron chi connectivity index (χ2n) is 6.65. The highest BCUT2D eigenvalue weighted by Crippen LogP contribution is 2.24. The van der Waals surface area contributed by atoms with Gasteiger partial charge in [-0.25, -0.2) is 8.42 Å². The molecule has 1 aromatic rings. The quantitative estimate of drug-likeness (QED) is 0.405. The third-order valence-corrected chi connectivity index (χ3v) is 7.54. The lowest BCUT2D eigenvalue weighted by atomic mass is 10.1. The van der Waals surface area contributed by atoms with Gasteiger partial charge in [0.2, 0.25) is 0 Å². The average molecular weight is 485 g/mol. The fourth-order valence-electron chi connectivity index (χ4n) is 2.63. The van der Waals surface area contributed by atoms with E-state index in [0.717, 1.165) is 12.5 Å². The molecule has 1 atom stereocenters. The summed E-state index contributed by atoms with van der Waals surface area (Å²) in [5.41, 5.74) is 1.30. The van der Waals surface area contributed by atoms with Crippen molar-refractivity contribution in [3.05, 3.63) is 22.4 Å². The normalized spacial score (nSPS) is 21.0. The molecule has 0 spiro atoms. The van der Waals surface area contributed by atoms with Crippen LogP contribution in [0.2, 0.25) is 0 Å². The van der Waals surface area contributed by atoms with Crippen LogP contribution in [0, 0.1) is 0 Å². The van der Waals surface area contributed by atoms with Gasteiger partial charge in [0.25, 0.3) is 0 Å². The largest absolute Gasteiger partial charge is 0.357 e. The minimum absolute atomic E-state index is 0. The van der Waals surface area contributed by atoms with Gasteiger partial charge in [-0.1, -0.05) is 6.92 Å². The first-order valence-corrected chi connectivity index (χ1v) is 10.6. The van der Waals surface area contributed by atoms with Gasteiger partial charge in [0, 0.05) is 32.1 Å². The summed E-state index contributed by atoms with van der Waals surface area (Å²) in [5, 5.41) is 7.54. The molecule has 0 saturated carbocycles. The van der Waals surface area contributed by atoms with Gasteiger partial charge in [-0.3, -0.25) is 4.99 Å². The van der Waals surface area contributed by atoms with Crippen molar-refractivity contribution in [1.29, 1.82) is 0 Å². The average Bonchev–Trinajstić information content (AvgIpc) is 3.00. The number of rotatable bonds is 4. The zero-order valence-electron chi connectivity index (χ0n) is 14.8. The monoisotopic (exact) mass is 485 g/mol. The van der Waals surface area contributed by atoms with E-state index in [4.69, 9.17) is 4.99 Å². The fraction of sp³-hybridized carbons (Fsp3) is 0.688. The number of thiophene rings is 1. The predicted octanol–water partition coefficient (Wildman–Crippen LogP) is 2.94. The van der Waals surface area contributed by atoms with Crippen LogP contribution in [0.3, 0.4) is 0 Å². The van der Waals surface area contributed by atoms with Gasteiger partial charge in [-0.05, 0) is 43.2 Å². The number of nitrogens with zero attached hydrogens (tertiary/aromatic N) is 2. The summed E-state index contributed by atoms with van der Waals surface area (Å²) < 4.78 is 23.6. The number of aliphatic imine (C=N–C) groups is 1. The minimum atomic E-state index is -3.03. The molecule has 1 saturated heterocycles. The van der Waals surface area contributed by atoms with Crippen molar-refractivity contribution in [1.82, 2.24) is 10.2 Å². The van der Waals surface area contributed by atoms with Crippen molar-refractivity contribution in [3.63, 3.8) is 0 Å². The molecular formula is C16H28IN3O2S2. The van der Waals surface area contributed by atoms with Crippen LogP contribution in [0.4, 0.5) is 0 Å². The summed E-state index contributed by atoms with van der Waals surface area (Å²) >= 11 is 1.70. The summed E-state index contributed by atoms with van der Waals surface area (Å²) in [4.78, 5) is 6.82. The molecule has 1 aliphatic rings. The number of sulfone groups is 1. The molecule has 24 heavy (non-hydrogen) atoms.